The zero-order chi connectivity index (χ0) is 17.1. The molecule has 126 valence electrons. The topological polar surface area (TPSA) is 58.9 Å². The number of ether oxygens (including phenoxy) is 2. The lowest BCUT2D eigenvalue weighted by Gasteiger charge is -2.24. The maximum Gasteiger partial charge on any atom is 0.161 e. The average molecular weight is 326 g/mol. The highest BCUT2D eigenvalue weighted by Gasteiger charge is 2.20. The Labute approximate surface area is 142 Å². The predicted octanol–water partition coefficient (Wildman–Crippen LogP) is 4.47. The molecular formula is C20H22O4. The van der Waals surface area contributed by atoms with Gasteiger partial charge in [0.15, 0.2) is 23.0 Å². The van der Waals surface area contributed by atoms with E-state index in [0.29, 0.717) is 17.4 Å². The number of allylic oxidation sites excluding steroid dienone is 2. The normalized spacial score (nSPS) is 17.2. The fourth-order valence-corrected chi connectivity index (χ4v) is 3.26. The Morgan fingerprint density at radius 2 is 1.58 bits per heavy atom. The molecule has 0 saturated heterocycles. The third-order valence-corrected chi connectivity index (χ3v) is 4.60. The molecular weight excluding hydrogens is 304 g/mol. The molecule has 24 heavy (non-hydrogen) atoms. The van der Waals surface area contributed by atoms with Crippen molar-refractivity contribution in [1.29, 1.82) is 0 Å². The highest BCUT2D eigenvalue weighted by atomic mass is 16.5. The molecule has 4 heteroatoms. The van der Waals surface area contributed by atoms with Crippen molar-refractivity contribution in [2.24, 2.45) is 0 Å². The van der Waals surface area contributed by atoms with Gasteiger partial charge in [-0.25, -0.2) is 0 Å². The second-order valence-corrected chi connectivity index (χ2v) is 6.03. The summed E-state index contributed by atoms with van der Waals surface area (Å²) in [4.78, 5) is 0. The zero-order valence-corrected chi connectivity index (χ0v) is 14.0. The fraction of sp³-hybridized carbons (Fsp3) is 0.300. The van der Waals surface area contributed by atoms with Crippen LogP contribution in [0.25, 0.3) is 5.57 Å². The number of hydrogen-bond donors (Lipinski definition) is 2. The van der Waals surface area contributed by atoms with Gasteiger partial charge in [0.05, 0.1) is 14.2 Å². The van der Waals surface area contributed by atoms with Crippen LogP contribution in [0, 0.1) is 0 Å². The first-order valence-corrected chi connectivity index (χ1v) is 8.05. The lowest BCUT2D eigenvalue weighted by Crippen LogP contribution is -2.05. The largest absolute Gasteiger partial charge is 0.504 e. The van der Waals surface area contributed by atoms with Crippen LogP contribution in [0.2, 0.25) is 0 Å². The van der Waals surface area contributed by atoms with Crippen molar-refractivity contribution in [2.45, 2.75) is 25.2 Å². The number of phenols is 2. The van der Waals surface area contributed by atoms with Crippen molar-refractivity contribution >= 4 is 5.57 Å². The van der Waals surface area contributed by atoms with Crippen LogP contribution in [0.15, 0.2) is 42.5 Å². The van der Waals surface area contributed by atoms with Gasteiger partial charge >= 0.3 is 0 Å². The van der Waals surface area contributed by atoms with Crippen LogP contribution in [0.5, 0.6) is 23.0 Å². The van der Waals surface area contributed by atoms with Crippen LogP contribution in [-0.4, -0.2) is 24.4 Å². The molecule has 0 bridgehead atoms. The summed E-state index contributed by atoms with van der Waals surface area (Å²) in [5.41, 5.74) is 3.48. The lowest BCUT2D eigenvalue weighted by molar-refractivity contribution is 0.372. The summed E-state index contributed by atoms with van der Waals surface area (Å²) >= 11 is 0. The highest BCUT2D eigenvalue weighted by molar-refractivity contribution is 5.69. The van der Waals surface area contributed by atoms with E-state index in [9.17, 15) is 10.2 Å². The van der Waals surface area contributed by atoms with Crippen LogP contribution in [-0.2, 0) is 0 Å². The Bertz CT molecular complexity index is 764. The number of methoxy groups -OCH3 is 2. The standard InChI is InChI=1S/C20H22O4/c1-23-19-11-15(6-8-17(19)21)13-4-3-5-14(10-13)16-7-9-18(22)20(12-16)24-2/h4,6-9,11-12,14,21-22H,3,5,10H2,1-2H3. The van der Waals surface area contributed by atoms with Crippen molar-refractivity contribution in [3.05, 3.63) is 53.6 Å². The van der Waals surface area contributed by atoms with Gasteiger partial charge in [-0.1, -0.05) is 18.2 Å². The van der Waals surface area contributed by atoms with E-state index in [0.717, 1.165) is 24.8 Å². The predicted molar refractivity (Wildman–Crippen MR) is 93.9 cm³/mol. The third kappa shape index (κ3) is 3.18. The SMILES string of the molecule is COc1cc(C2=CCCC(c3ccc(O)c(OC)c3)C2)ccc1O. The number of hydrogen-bond acceptors (Lipinski definition) is 4. The van der Waals surface area contributed by atoms with Crippen LogP contribution < -0.4 is 9.47 Å². The van der Waals surface area contributed by atoms with Gasteiger partial charge in [-0.15, -0.1) is 0 Å². The second kappa shape index (κ2) is 6.87. The molecule has 0 aromatic heterocycles. The first kappa shape index (κ1) is 16.2. The maximum atomic E-state index is 9.77. The van der Waals surface area contributed by atoms with Gasteiger partial charge in [-0.2, -0.15) is 0 Å². The minimum atomic E-state index is 0.150. The van der Waals surface area contributed by atoms with Crippen LogP contribution in [0.4, 0.5) is 0 Å². The third-order valence-electron chi connectivity index (χ3n) is 4.60. The molecule has 0 heterocycles. The molecule has 0 spiro atoms. The van der Waals surface area contributed by atoms with Gasteiger partial charge in [0, 0.05) is 0 Å². The Morgan fingerprint density at radius 3 is 2.29 bits per heavy atom. The lowest BCUT2D eigenvalue weighted by atomic mass is 9.81. The van der Waals surface area contributed by atoms with Crippen LogP contribution in [0.3, 0.4) is 0 Å². The second-order valence-electron chi connectivity index (χ2n) is 6.03. The Balaban J connectivity index is 1.85. The molecule has 1 atom stereocenters. The van der Waals surface area contributed by atoms with Crippen LogP contribution in [0.1, 0.15) is 36.3 Å². The molecule has 1 aliphatic rings. The van der Waals surface area contributed by atoms with Crippen molar-refractivity contribution in [3.8, 4) is 23.0 Å². The van der Waals surface area contributed by atoms with E-state index in [1.54, 1.807) is 26.4 Å². The molecule has 2 aromatic carbocycles. The molecule has 2 aromatic rings. The van der Waals surface area contributed by atoms with Gasteiger partial charge < -0.3 is 19.7 Å². The molecule has 0 fully saturated rings. The van der Waals surface area contributed by atoms with Crippen molar-refractivity contribution in [1.82, 2.24) is 0 Å². The molecule has 0 radical (unpaired) electrons. The van der Waals surface area contributed by atoms with E-state index in [-0.39, 0.29) is 11.5 Å². The van der Waals surface area contributed by atoms with E-state index >= 15 is 0 Å². The quantitative estimate of drug-likeness (QED) is 0.870. The van der Waals surface area contributed by atoms with Crippen LogP contribution >= 0.6 is 0 Å². The number of rotatable bonds is 4. The summed E-state index contributed by atoms with van der Waals surface area (Å²) in [5, 5.41) is 19.5. The summed E-state index contributed by atoms with van der Waals surface area (Å²) in [6, 6.07) is 11.0. The molecule has 1 aliphatic carbocycles. The van der Waals surface area contributed by atoms with Crippen molar-refractivity contribution < 1.29 is 19.7 Å². The van der Waals surface area contributed by atoms with E-state index in [4.69, 9.17) is 9.47 Å². The van der Waals surface area contributed by atoms with Gasteiger partial charge in [-0.05, 0) is 66.1 Å². The summed E-state index contributed by atoms with van der Waals surface area (Å²) in [6.45, 7) is 0. The van der Waals surface area contributed by atoms with Gasteiger partial charge in [0.2, 0.25) is 0 Å². The summed E-state index contributed by atoms with van der Waals surface area (Å²) < 4.78 is 10.4. The monoisotopic (exact) mass is 326 g/mol. The van der Waals surface area contributed by atoms with Crippen molar-refractivity contribution in [2.75, 3.05) is 14.2 Å². The van der Waals surface area contributed by atoms with E-state index < -0.39 is 0 Å². The number of phenolic OH excluding ortho intramolecular Hbond substituents is 2. The Hall–Kier alpha value is -2.62. The Morgan fingerprint density at radius 1 is 0.917 bits per heavy atom. The minimum Gasteiger partial charge on any atom is -0.504 e. The number of benzene rings is 2. The molecule has 1 unspecified atom stereocenters. The fourth-order valence-electron chi connectivity index (χ4n) is 3.26. The van der Waals surface area contributed by atoms with E-state index in [1.807, 2.05) is 24.3 Å². The first-order valence-electron chi connectivity index (χ1n) is 8.05. The molecule has 0 saturated carbocycles. The van der Waals surface area contributed by atoms with E-state index in [2.05, 4.69) is 6.08 Å². The molecule has 4 nitrogen and oxygen atoms in total. The van der Waals surface area contributed by atoms with Crippen molar-refractivity contribution in [3.63, 3.8) is 0 Å². The smallest absolute Gasteiger partial charge is 0.161 e. The zero-order valence-electron chi connectivity index (χ0n) is 14.0. The number of aromatic hydroxyl groups is 2. The summed E-state index contributed by atoms with van der Waals surface area (Å²) in [7, 11) is 3.12. The Kier molecular flexibility index (Phi) is 4.65. The maximum absolute atomic E-state index is 9.77. The molecule has 2 N–H and O–H groups in total. The van der Waals surface area contributed by atoms with E-state index in [1.165, 1.54) is 11.1 Å². The first-order chi connectivity index (χ1) is 11.6. The summed E-state index contributed by atoms with van der Waals surface area (Å²) in [6.07, 6.45) is 5.21. The summed E-state index contributed by atoms with van der Waals surface area (Å²) in [5.74, 6) is 1.68. The molecule has 3 rings (SSSR count). The minimum absolute atomic E-state index is 0.150. The van der Waals surface area contributed by atoms with Gasteiger partial charge in [0.25, 0.3) is 0 Å². The van der Waals surface area contributed by atoms with Gasteiger partial charge in [0.1, 0.15) is 0 Å². The van der Waals surface area contributed by atoms with Gasteiger partial charge in [-0.3, -0.25) is 0 Å². The molecule has 0 aliphatic heterocycles. The highest BCUT2D eigenvalue weighted by Crippen LogP contribution is 2.41. The average Bonchev–Trinajstić information content (AvgIpc) is 2.62. The molecule has 0 amide bonds.